The predicted molar refractivity (Wildman–Crippen MR) is 77.1 cm³/mol. The van der Waals surface area contributed by atoms with Gasteiger partial charge < -0.3 is 10.4 Å². The molecule has 21 heavy (non-hydrogen) atoms. The Morgan fingerprint density at radius 2 is 1.14 bits per heavy atom. The zero-order valence-corrected chi connectivity index (χ0v) is 11.6. The van der Waals surface area contributed by atoms with Gasteiger partial charge >= 0.3 is 0 Å². The minimum absolute atomic E-state index is 0.00147. The summed E-state index contributed by atoms with van der Waals surface area (Å²) in [5.41, 5.74) is 0.520. The molecule has 0 unspecified atom stereocenters. The van der Waals surface area contributed by atoms with E-state index in [0.29, 0.717) is 0 Å². The molecular weight excluding hydrogens is 292 g/mol. The quantitative estimate of drug-likeness (QED) is 0.513. The van der Waals surface area contributed by atoms with E-state index >= 15 is 0 Å². The Hall–Kier alpha value is -2.67. The number of hydrogen-bond donors (Lipinski definition) is 2. The van der Waals surface area contributed by atoms with Crippen LogP contribution in [0.2, 0.25) is 0 Å². The van der Waals surface area contributed by atoms with Crippen LogP contribution in [0.1, 0.15) is 11.1 Å². The molecule has 0 saturated carbocycles. The monoisotopic (exact) mass is 304 g/mol. The molecule has 0 aliphatic carbocycles. The molecule has 2 N–H and O–H groups in total. The summed E-state index contributed by atoms with van der Waals surface area (Å²) in [5.74, 6) is 0. The summed E-state index contributed by atoms with van der Waals surface area (Å²) in [5, 5.41) is 23.0. The normalized spacial score (nSPS) is 12.2. The van der Waals surface area contributed by atoms with Gasteiger partial charge in [0.25, 0.3) is 0 Å². The first kappa shape index (κ1) is 14.7. The molecule has 0 fully saturated rings. The van der Waals surface area contributed by atoms with Gasteiger partial charge in [-0.1, -0.05) is 46.7 Å². The smallest absolute Gasteiger partial charge is 0.207 e. The molecule has 0 radical (unpaired) electrons. The summed E-state index contributed by atoms with van der Waals surface area (Å²) in [4.78, 5) is 0.00294. The highest BCUT2D eigenvalue weighted by molar-refractivity contribution is 7.91. The zero-order chi connectivity index (χ0) is 15.3. The van der Waals surface area contributed by atoms with E-state index in [1.807, 2.05) is 0 Å². The van der Waals surface area contributed by atoms with Gasteiger partial charge in [-0.15, -0.1) is 0 Å². The summed E-state index contributed by atoms with van der Waals surface area (Å²) in [7, 11) is -3.85. The predicted octanol–water partition coefficient (Wildman–Crippen LogP) is 2.14. The van der Waals surface area contributed by atoms with Crippen LogP contribution in [-0.4, -0.2) is 31.3 Å². The van der Waals surface area contributed by atoms with Crippen molar-refractivity contribution in [3.63, 3.8) is 0 Å². The van der Waals surface area contributed by atoms with Gasteiger partial charge in [-0.25, -0.2) is 8.42 Å². The first-order valence-electron chi connectivity index (χ1n) is 5.89. The van der Waals surface area contributed by atoms with Gasteiger partial charge in [0, 0.05) is 11.1 Å². The van der Waals surface area contributed by atoms with Crippen LogP contribution in [0.25, 0.3) is 0 Å². The van der Waals surface area contributed by atoms with Gasteiger partial charge in [-0.05, 0) is 12.1 Å². The largest absolute Gasteiger partial charge is 0.411 e. The number of rotatable bonds is 4. The van der Waals surface area contributed by atoms with Crippen LogP contribution in [0.3, 0.4) is 0 Å². The minimum Gasteiger partial charge on any atom is -0.411 e. The summed E-state index contributed by atoms with van der Waals surface area (Å²) >= 11 is 0. The molecule has 0 heterocycles. The van der Waals surface area contributed by atoms with Gasteiger partial charge in [0.05, 0.1) is 22.2 Å². The summed E-state index contributed by atoms with van der Waals surface area (Å²) in [6.07, 6.45) is 2.10. The van der Waals surface area contributed by atoms with E-state index in [9.17, 15) is 8.42 Å². The van der Waals surface area contributed by atoms with Crippen molar-refractivity contribution in [2.45, 2.75) is 9.79 Å². The highest BCUT2D eigenvalue weighted by atomic mass is 32.2. The molecule has 0 aromatic heterocycles. The summed E-state index contributed by atoms with van der Waals surface area (Å²) < 4.78 is 25.5. The Morgan fingerprint density at radius 3 is 1.52 bits per heavy atom. The Balaban J connectivity index is 2.69. The Bertz CT molecular complexity index is 737. The van der Waals surface area contributed by atoms with Crippen LogP contribution in [-0.2, 0) is 9.84 Å². The highest BCUT2D eigenvalue weighted by Gasteiger charge is 2.22. The van der Waals surface area contributed by atoms with Gasteiger partial charge in [-0.2, -0.15) is 0 Å². The van der Waals surface area contributed by atoms with Gasteiger partial charge in [0.15, 0.2) is 0 Å². The lowest BCUT2D eigenvalue weighted by Crippen LogP contribution is -2.08. The fourth-order valence-corrected chi connectivity index (χ4v) is 3.52. The number of benzene rings is 2. The molecule has 0 atom stereocenters. The fraction of sp³-hybridized carbons (Fsp3) is 0. The highest BCUT2D eigenvalue weighted by Crippen LogP contribution is 2.25. The Labute approximate surface area is 121 Å². The number of nitrogens with zero attached hydrogens (tertiary/aromatic N) is 2. The first-order valence-corrected chi connectivity index (χ1v) is 7.37. The molecule has 0 saturated heterocycles. The maximum atomic E-state index is 12.7. The second-order valence-electron chi connectivity index (χ2n) is 4.07. The van der Waals surface area contributed by atoms with Crippen molar-refractivity contribution in [2.75, 3.05) is 0 Å². The average Bonchev–Trinajstić information content (AvgIpc) is 2.49. The molecule has 6 nitrogen and oxygen atoms in total. The molecule has 2 aromatic rings. The number of hydrogen-bond acceptors (Lipinski definition) is 6. The van der Waals surface area contributed by atoms with E-state index in [-0.39, 0.29) is 20.9 Å². The van der Waals surface area contributed by atoms with Crippen molar-refractivity contribution < 1.29 is 18.8 Å². The van der Waals surface area contributed by atoms with E-state index < -0.39 is 9.84 Å². The lowest BCUT2D eigenvalue weighted by atomic mass is 10.2. The molecule has 2 aromatic carbocycles. The van der Waals surface area contributed by atoms with Crippen molar-refractivity contribution >= 4 is 22.3 Å². The van der Waals surface area contributed by atoms with E-state index in [2.05, 4.69) is 10.3 Å². The van der Waals surface area contributed by atoms with Crippen molar-refractivity contribution in [3.8, 4) is 0 Å². The molecule has 0 aliphatic heterocycles. The van der Waals surface area contributed by atoms with Gasteiger partial charge in [0.1, 0.15) is 0 Å². The third kappa shape index (κ3) is 2.92. The second-order valence-corrected chi connectivity index (χ2v) is 5.95. The maximum Gasteiger partial charge on any atom is 0.207 e. The Kier molecular flexibility index (Phi) is 4.34. The molecular formula is C14H12N2O4S. The van der Waals surface area contributed by atoms with Crippen LogP contribution in [0.5, 0.6) is 0 Å². The molecule has 0 spiro atoms. The van der Waals surface area contributed by atoms with Crippen molar-refractivity contribution in [3.05, 3.63) is 59.7 Å². The lowest BCUT2D eigenvalue weighted by molar-refractivity contribution is 0.321. The van der Waals surface area contributed by atoms with Crippen LogP contribution in [0, 0.1) is 0 Å². The van der Waals surface area contributed by atoms with Crippen LogP contribution in [0.15, 0.2) is 68.6 Å². The van der Waals surface area contributed by atoms with Crippen molar-refractivity contribution in [1.82, 2.24) is 0 Å². The van der Waals surface area contributed by atoms with E-state index in [0.717, 1.165) is 12.4 Å². The Morgan fingerprint density at radius 1 is 0.762 bits per heavy atom. The van der Waals surface area contributed by atoms with Gasteiger partial charge in [-0.3, -0.25) is 0 Å². The molecule has 7 heteroatoms. The SMILES string of the molecule is O=S(=O)(c1ccccc1/C=N\O)c1ccccc1/C=N/O. The van der Waals surface area contributed by atoms with Crippen LogP contribution < -0.4 is 0 Å². The van der Waals surface area contributed by atoms with Crippen LogP contribution in [0.4, 0.5) is 0 Å². The van der Waals surface area contributed by atoms with Crippen LogP contribution >= 0.6 is 0 Å². The molecule has 0 bridgehead atoms. The second kappa shape index (κ2) is 6.19. The topological polar surface area (TPSA) is 99.3 Å². The maximum absolute atomic E-state index is 12.7. The van der Waals surface area contributed by atoms with E-state index in [4.69, 9.17) is 10.4 Å². The minimum atomic E-state index is -3.85. The number of oxime groups is 2. The first-order chi connectivity index (χ1) is 10.1. The molecule has 0 aliphatic rings. The third-order valence-corrected chi connectivity index (χ3v) is 4.71. The van der Waals surface area contributed by atoms with E-state index in [1.165, 1.54) is 24.3 Å². The third-order valence-electron chi connectivity index (χ3n) is 2.81. The molecule has 108 valence electrons. The summed E-state index contributed by atoms with van der Waals surface area (Å²) in [6.45, 7) is 0. The van der Waals surface area contributed by atoms with Crippen molar-refractivity contribution in [2.24, 2.45) is 10.3 Å². The van der Waals surface area contributed by atoms with Crippen molar-refractivity contribution in [1.29, 1.82) is 0 Å². The average molecular weight is 304 g/mol. The summed E-state index contributed by atoms with van der Waals surface area (Å²) in [6, 6.07) is 12.3. The lowest BCUT2D eigenvalue weighted by Gasteiger charge is -2.09. The van der Waals surface area contributed by atoms with E-state index in [1.54, 1.807) is 24.3 Å². The van der Waals surface area contributed by atoms with Gasteiger partial charge in [0.2, 0.25) is 9.84 Å². The fourth-order valence-electron chi connectivity index (χ4n) is 1.91. The molecule has 0 amide bonds. The zero-order valence-electron chi connectivity index (χ0n) is 10.8. The standard InChI is InChI=1S/C14H12N2O4S/c17-15-9-11-5-1-3-7-13(11)21(19,20)14-8-4-2-6-12(14)10-16-18/h1-10,17-18H/b15-9-,16-10+. The molecule has 2 rings (SSSR count). The number of sulfone groups is 1.